The minimum atomic E-state index is -0.811. The fourth-order valence-electron chi connectivity index (χ4n) is 3.16. The van der Waals surface area contributed by atoms with Gasteiger partial charge in [0.15, 0.2) is 0 Å². The van der Waals surface area contributed by atoms with E-state index in [9.17, 15) is 9.50 Å². The third-order valence-corrected chi connectivity index (χ3v) is 4.35. The predicted molar refractivity (Wildman–Crippen MR) is 87.2 cm³/mol. The van der Waals surface area contributed by atoms with E-state index in [1.807, 2.05) is 16.8 Å². The second-order valence-corrected chi connectivity index (χ2v) is 6.14. The second kappa shape index (κ2) is 5.85. The van der Waals surface area contributed by atoms with Gasteiger partial charge in [0.2, 0.25) is 0 Å². The van der Waals surface area contributed by atoms with Crippen molar-refractivity contribution in [1.82, 2.24) is 24.6 Å². The van der Waals surface area contributed by atoms with Crippen LogP contribution in [0.25, 0.3) is 17.1 Å². The van der Waals surface area contributed by atoms with Crippen molar-refractivity contribution in [2.45, 2.75) is 18.6 Å². The third-order valence-electron chi connectivity index (χ3n) is 4.35. The van der Waals surface area contributed by atoms with E-state index in [2.05, 4.69) is 15.4 Å². The second-order valence-electron chi connectivity index (χ2n) is 6.14. The van der Waals surface area contributed by atoms with E-state index in [-0.39, 0.29) is 5.82 Å². The van der Waals surface area contributed by atoms with Gasteiger partial charge in [0, 0.05) is 36.9 Å². The highest BCUT2D eigenvalue weighted by molar-refractivity contribution is 5.67. The molecule has 0 saturated carbocycles. The zero-order valence-electron chi connectivity index (χ0n) is 13.1. The van der Waals surface area contributed by atoms with Crippen molar-refractivity contribution in [3.8, 4) is 17.1 Å². The molecule has 0 amide bonds. The van der Waals surface area contributed by atoms with Crippen LogP contribution in [-0.4, -0.2) is 43.1 Å². The normalized spacial score (nSPS) is 20.6. The van der Waals surface area contributed by atoms with Crippen LogP contribution in [0, 0.1) is 5.82 Å². The van der Waals surface area contributed by atoms with Crippen molar-refractivity contribution < 1.29 is 9.50 Å². The predicted octanol–water partition coefficient (Wildman–Crippen LogP) is 1.60. The summed E-state index contributed by atoms with van der Waals surface area (Å²) in [6.45, 7) is 1.74. The van der Waals surface area contributed by atoms with Crippen LogP contribution in [-0.2, 0) is 6.54 Å². The molecule has 2 N–H and O–H groups in total. The van der Waals surface area contributed by atoms with Crippen LogP contribution in [0.4, 0.5) is 4.39 Å². The van der Waals surface area contributed by atoms with Gasteiger partial charge in [0.1, 0.15) is 11.6 Å². The van der Waals surface area contributed by atoms with E-state index in [4.69, 9.17) is 0 Å². The van der Waals surface area contributed by atoms with Gasteiger partial charge in [-0.2, -0.15) is 5.10 Å². The van der Waals surface area contributed by atoms with Crippen LogP contribution in [0.1, 0.15) is 6.42 Å². The van der Waals surface area contributed by atoms with Crippen LogP contribution < -0.4 is 5.32 Å². The van der Waals surface area contributed by atoms with Gasteiger partial charge in [-0.25, -0.2) is 14.1 Å². The quantitative estimate of drug-likeness (QED) is 0.764. The Morgan fingerprint density at radius 3 is 2.96 bits per heavy atom. The minimum Gasteiger partial charge on any atom is -0.387 e. The smallest absolute Gasteiger partial charge is 0.142 e. The lowest BCUT2D eigenvalue weighted by Gasteiger charge is -2.23. The van der Waals surface area contributed by atoms with Crippen LogP contribution in [0.3, 0.4) is 0 Å². The highest BCUT2D eigenvalue weighted by Gasteiger charge is 2.32. The fourth-order valence-corrected chi connectivity index (χ4v) is 3.16. The molecule has 1 aliphatic rings. The van der Waals surface area contributed by atoms with E-state index in [0.29, 0.717) is 30.9 Å². The zero-order valence-corrected chi connectivity index (χ0v) is 13.1. The van der Waals surface area contributed by atoms with E-state index in [0.717, 1.165) is 12.2 Å². The first-order valence-electron chi connectivity index (χ1n) is 7.89. The summed E-state index contributed by atoms with van der Waals surface area (Å²) in [5, 5.41) is 18.0. The standard InChI is InChI=1S/C17H18FN5O/c18-13-2-3-15(23-8-1-5-21-23)14(10-13)16-20-7-9-22(16)12-17(24)4-6-19-11-17/h1-3,5,7-10,19,24H,4,6,11-12H2. The van der Waals surface area contributed by atoms with E-state index < -0.39 is 5.60 Å². The van der Waals surface area contributed by atoms with Crippen molar-refractivity contribution >= 4 is 0 Å². The van der Waals surface area contributed by atoms with Gasteiger partial charge in [-0.15, -0.1) is 0 Å². The van der Waals surface area contributed by atoms with Crippen molar-refractivity contribution in [2.24, 2.45) is 0 Å². The lowest BCUT2D eigenvalue weighted by molar-refractivity contribution is 0.0436. The van der Waals surface area contributed by atoms with Gasteiger partial charge in [-0.05, 0) is 37.2 Å². The first-order chi connectivity index (χ1) is 11.6. The number of benzene rings is 1. The van der Waals surface area contributed by atoms with Gasteiger partial charge in [-0.1, -0.05) is 0 Å². The molecule has 0 radical (unpaired) electrons. The molecule has 0 bridgehead atoms. The van der Waals surface area contributed by atoms with Gasteiger partial charge in [0.05, 0.1) is 17.8 Å². The highest BCUT2D eigenvalue weighted by atomic mass is 19.1. The summed E-state index contributed by atoms with van der Waals surface area (Å²) in [7, 11) is 0. The van der Waals surface area contributed by atoms with Crippen molar-refractivity contribution in [1.29, 1.82) is 0 Å². The summed E-state index contributed by atoms with van der Waals surface area (Å²) < 4.78 is 17.4. The number of halogens is 1. The lowest BCUT2D eigenvalue weighted by atomic mass is 10.0. The number of aromatic nitrogens is 4. The van der Waals surface area contributed by atoms with Gasteiger partial charge in [-0.3, -0.25) is 0 Å². The Morgan fingerprint density at radius 1 is 1.29 bits per heavy atom. The molecule has 3 heterocycles. The Hall–Kier alpha value is -2.51. The Kier molecular flexibility index (Phi) is 3.66. The number of aliphatic hydroxyl groups is 1. The summed E-state index contributed by atoms with van der Waals surface area (Å²) in [5.74, 6) is 0.275. The molecule has 0 aliphatic carbocycles. The number of hydrogen-bond donors (Lipinski definition) is 2. The molecule has 1 saturated heterocycles. The van der Waals surface area contributed by atoms with E-state index in [1.54, 1.807) is 29.3 Å². The molecule has 2 aromatic heterocycles. The molecule has 24 heavy (non-hydrogen) atoms. The summed E-state index contributed by atoms with van der Waals surface area (Å²) in [6.07, 6.45) is 7.63. The molecule has 1 fully saturated rings. The number of nitrogens with one attached hydrogen (secondary N) is 1. The van der Waals surface area contributed by atoms with Crippen molar-refractivity contribution in [2.75, 3.05) is 13.1 Å². The fraction of sp³-hybridized carbons (Fsp3) is 0.294. The average Bonchev–Trinajstić information content (AvgIpc) is 3.29. The molecular formula is C17H18FN5O. The number of β-amino-alcohol motifs (C(OH)–C–C–N with tert-alkyl or cyclic N) is 1. The van der Waals surface area contributed by atoms with E-state index >= 15 is 0 Å². The number of rotatable bonds is 4. The maximum Gasteiger partial charge on any atom is 0.142 e. The SMILES string of the molecule is OC1(Cn2ccnc2-c2cc(F)ccc2-n2cccn2)CCNC1. The third kappa shape index (κ3) is 2.72. The van der Waals surface area contributed by atoms with Crippen molar-refractivity contribution in [3.63, 3.8) is 0 Å². The molecule has 124 valence electrons. The van der Waals surface area contributed by atoms with Gasteiger partial charge >= 0.3 is 0 Å². The van der Waals surface area contributed by atoms with Crippen LogP contribution >= 0.6 is 0 Å². The summed E-state index contributed by atoms with van der Waals surface area (Å²) in [6, 6.07) is 6.35. The molecule has 1 unspecified atom stereocenters. The Bertz CT molecular complexity index is 837. The number of imidazole rings is 1. The molecule has 0 spiro atoms. The average molecular weight is 327 g/mol. The Morgan fingerprint density at radius 2 is 2.21 bits per heavy atom. The van der Waals surface area contributed by atoms with Crippen LogP contribution in [0.15, 0.2) is 49.1 Å². The molecule has 1 aliphatic heterocycles. The molecule has 4 rings (SSSR count). The topological polar surface area (TPSA) is 67.9 Å². The first-order valence-corrected chi connectivity index (χ1v) is 7.89. The van der Waals surface area contributed by atoms with Crippen molar-refractivity contribution in [3.05, 3.63) is 54.9 Å². The first kappa shape index (κ1) is 15.0. The molecule has 1 atom stereocenters. The van der Waals surface area contributed by atoms with Gasteiger partial charge in [0.25, 0.3) is 0 Å². The Balaban J connectivity index is 1.77. The summed E-state index contributed by atoms with van der Waals surface area (Å²) in [4.78, 5) is 4.39. The van der Waals surface area contributed by atoms with Gasteiger partial charge < -0.3 is 15.0 Å². The highest BCUT2D eigenvalue weighted by Crippen LogP contribution is 2.28. The summed E-state index contributed by atoms with van der Waals surface area (Å²) >= 11 is 0. The lowest BCUT2D eigenvalue weighted by Crippen LogP contribution is -2.36. The number of nitrogens with zero attached hydrogens (tertiary/aromatic N) is 4. The molecule has 3 aromatic rings. The zero-order chi connectivity index (χ0) is 16.6. The summed E-state index contributed by atoms with van der Waals surface area (Å²) in [5.41, 5.74) is 0.567. The molecule has 6 nitrogen and oxygen atoms in total. The maximum absolute atomic E-state index is 13.9. The number of hydrogen-bond acceptors (Lipinski definition) is 4. The monoisotopic (exact) mass is 327 g/mol. The minimum absolute atomic E-state index is 0.336. The molecule has 1 aromatic carbocycles. The maximum atomic E-state index is 13.9. The van der Waals surface area contributed by atoms with E-state index in [1.165, 1.54) is 12.1 Å². The van der Waals surface area contributed by atoms with Crippen LogP contribution in [0.2, 0.25) is 0 Å². The Labute approximate surface area is 138 Å². The largest absolute Gasteiger partial charge is 0.387 e. The molecule has 7 heteroatoms. The van der Waals surface area contributed by atoms with Crippen LogP contribution in [0.5, 0.6) is 0 Å². The molecular weight excluding hydrogens is 309 g/mol.